The highest BCUT2D eigenvalue weighted by atomic mass is 32.2. The summed E-state index contributed by atoms with van der Waals surface area (Å²) in [4.78, 5) is 10.5. The number of carboxylic acids is 1. The van der Waals surface area contributed by atoms with E-state index in [4.69, 9.17) is 5.11 Å². The number of hydrogen-bond acceptors (Lipinski definition) is 3. The summed E-state index contributed by atoms with van der Waals surface area (Å²) in [6, 6.07) is 9.65. The van der Waals surface area contributed by atoms with Crippen molar-refractivity contribution < 1.29 is 18.3 Å². The third kappa shape index (κ3) is 5.45. The average molecular weight is 314 g/mol. The van der Waals surface area contributed by atoms with Gasteiger partial charge in [-0.25, -0.2) is 0 Å². The lowest BCUT2D eigenvalue weighted by molar-refractivity contribution is -0.137. The van der Waals surface area contributed by atoms with Crippen LogP contribution in [0, 0.1) is 0 Å². The smallest absolute Gasteiger partial charge is 0.304 e. The Hall–Kier alpha value is -1.44. The van der Waals surface area contributed by atoms with Gasteiger partial charge in [0.2, 0.25) is 0 Å². The van der Waals surface area contributed by atoms with Gasteiger partial charge in [-0.15, -0.1) is 0 Å². The van der Waals surface area contributed by atoms with Crippen LogP contribution in [0.15, 0.2) is 30.3 Å². The Kier molecular flexibility index (Phi) is 6.80. The van der Waals surface area contributed by atoms with Gasteiger partial charge in [0.15, 0.2) is 0 Å². The molecule has 1 aromatic rings. The van der Waals surface area contributed by atoms with Gasteiger partial charge in [-0.3, -0.25) is 4.79 Å². The van der Waals surface area contributed by atoms with Crippen LogP contribution in [0.25, 0.3) is 0 Å². The summed E-state index contributed by atoms with van der Waals surface area (Å²) >= 11 is 0. The van der Waals surface area contributed by atoms with Crippen LogP contribution in [0.2, 0.25) is 0 Å². The molecule has 0 spiro atoms. The van der Waals surface area contributed by atoms with Crippen molar-refractivity contribution in [2.45, 2.75) is 19.8 Å². The lowest BCUT2D eigenvalue weighted by Gasteiger charge is -2.26. The molecule has 0 aliphatic heterocycles. The van der Waals surface area contributed by atoms with Crippen LogP contribution in [-0.4, -0.2) is 54.8 Å². The minimum Gasteiger partial charge on any atom is -0.481 e. The van der Waals surface area contributed by atoms with Gasteiger partial charge in [-0.2, -0.15) is 17.0 Å². The van der Waals surface area contributed by atoms with Crippen LogP contribution in [0.5, 0.6) is 0 Å². The highest BCUT2D eigenvalue weighted by Gasteiger charge is 2.25. The van der Waals surface area contributed by atoms with Crippen molar-refractivity contribution in [3.8, 4) is 0 Å². The van der Waals surface area contributed by atoms with E-state index in [1.807, 2.05) is 30.3 Å². The van der Waals surface area contributed by atoms with Gasteiger partial charge in [0, 0.05) is 26.7 Å². The van der Waals surface area contributed by atoms with Crippen LogP contribution in [0.1, 0.15) is 18.9 Å². The Labute approximate surface area is 126 Å². The summed E-state index contributed by atoms with van der Waals surface area (Å²) in [5.41, 5.74) is 1.07. The first-order chi connectivity index (χ1) is 9.87. The molecule has 0 aliphatic rings. The number of carboxylic acid groups (broad SMARTS) is 1. The molecule has 0 saturated heterocycles. The first-order valence-corrected chi connectivity index (χ1v) is 8.24. The Morgan fingerprint density at radius 3 is 2.33 bits per heavy atom. The summed E-state index contributed by atoms with van der Waals surface area (Å²) in [6.07, 6.45) is 0.423. The molecule has 6 nitrogen and oxygen atoms in total. The fraction of sp³-hybridized carbons (Fsp3) is 0.500. The summed E-state index contributed by atoms with van der Waals surface area (Å²) < 4.78 is 27.2. The predicted octanol–water partition coefficient (Wildman–Crippen LogP) is 1.20. The fourth-order valence-corrected chi connectivity index (χ4v) is 3.27. The zero-order valence-electron chi connectivity index (χ0n) is 12.4. The third-order valence-corrected chi connectivity index (χ3v) is 5.27. The van der Waals surface area contributed by atoms with Gasteiger partial charge in [-0.1, -0.05) is 37.3 Å². The van der Waals surface area contributed by atoms with Gasteiger partial charge in [0.1, 0.15) is 0 Å². The molecule has 0 atom stereocenters. The van der Waals surface area contributed by atoms with Crippen molar-refractivity contribution >= 4 is 16.2 Å². The third-order valence-electron chi connectivity index (χ3n) is 3.21. The number of likely N-dealkylation sites (N-methyl/N-ethyl adjacent to an activating group) is 1. The molecule has 0 radical (unpaired) electrons. The van der Waals surface area contributed by atoms with Crippen LogP contribution >= 0.6 is 0 Å². The molecule has 0 amide bonds. The maximum atomic E-state index is 12.4. The van der Waals surface area contributed by atoms with E-state index in [2.05, 4.69) is 0 Å². The predicted molar refractivity (Wildman–Crippen MR) is 81.2 cm³/mol. The summed E-state index contributed by atoms with van der Waals surface area (Å²) in [5.74, 6) is -1.01. The molecule has 21 heavy (non-hydrogen) atoms. The van der Waals surface area contributed by atoms with Gasteiger partial charge < -0.3 is 5.11 Å². The first kappa shape index (κ1) is 17.6. The summed E-state index contributed by atoms with van der Waals surface area (Å²) in [5, 5.41) is 8.64. The number of rotatable bonds is 9. The normalized spacial score (nSPS) is 12.0. The van der Waals surface area contributed by atoms with E-state index >= 15 is 0 Å². The molecule has 0 bridgehead atoms. The first-order valence-electron chi connectivity index (χ1n) is 6.85. The van der Waals surface area contributed by atoms with Gasteiger partial charge in [0.25, 0.3) is 10.2 Å². The SMILES string of the molecule is CCN(CCc1ccccc1)S(=O)(=O)N(C)CCC(=O)O. The van der Waals surface area contributed by atoms with E-state index in [1.54, 1.807) is 6.92 Å². The van der Waals surface area contributed by atoms with Crippen molar-refractivity contribution in [3.63, 3.8) is 0 Å². The largest absolute Gasteiger partial charge is 0.481 e. The molecular weight excluding hydrogens is 292 g/mol. The number of aliphatic carboxylic acids is 1. The van der Waals surface area contributed by atoms with Crippen LogP contribution in [0.3, 0.4) is 0 Å². The zero-order valence-corrected chi connectivity index (χ0v) is 13.2. The van der Waals surface area contributed by atoms with E-state index < -0.39 is 16.2 Å². The van der Waals surface area contributed by atoms with E-state index in [0.29, 0.717) is 19.5 Å². The van der Waals surface area contributed by atoms with E-state index in [-0.39, 0.29) is 13.0 Å². The van der Waals surface area contributed by atoms with Gasteiger partial charge in [-0.05, 0) is 12.0 Å². The van der Waals surface area contributed by atoms with E-state index in [9.17, 15) is 13.2 Å². The minimum absolute atomic E-state index is 0.0283. The van der Waals surface area contributed by atoms with Crippen molar-refractivity contribution in [2.75, 3.05) is 26.7 Å². The van der Waals surface area contributed by atoms with Crippen LogP contribution in [-0.2, 0) is 21.4 Å². The van der Waals surface area contributed by atoms with E-state index in [1.165, 1.54) is 11.4 Å². The lowest BCUT2D eigenvalue weighted by Crippen LogP contribution is -2.43. The van der Waals surface area contributed by atoms with Crippen LogP contribution < -0.4 is 0 Å². The standard InChI is InChI=1S/C14H22N2O4S/c1-3-16(12-9-13-7-5-4-6-8-13)21(19,20)15(2)11-10-14(17)18/h4-8H,3,9-12H2,1-2H3,(H,17,18). The monoisotopic (exact) mass is 314 g/mol. The highest BCUT2D eigenvalue weighted by molar-refractivity contribution is 7.86. The van der Waals surface area contributed by atoms with Gasteiger partial charge >= 0.3 is 5.97 Å². The second kappa shape index (κ2) is 8.11. The average Bonchev–Trinajstić information content (AvgIpc) is 2.46. The lowest BCUT2D eigenvalue weighted by atomic mass is 10.1. The number of hydrogen-bond donors (Lipinski definition) is 1. The molecule has 0 aliphatic carbocycles. The summed E-state index contributed by atoms with van der Waals surface area (Å²) in [7, 11) is -2.21. The van der Waals surface area contributed by atoms with Gasteiger partial charge in [0.05, 0.1) is 6.42 Å². The summed E-state index contributed by atoms with van der Waals surface area (Å²) in [6.45, 7) is 2.47. The van der Waals surface area contributed by atoms with E-state index in [0.717, 1.165) is 9.87 Å². The number of benzene rings is 1. The maximum Gasteiger partial charge on any atom is 0.304 e. The molecule has 1 N–H and O–H groups in total. The molecule has 7 heteroatoms. The van der Waals surface area contributed by atoms with Crippen molar-refractivity contribution in [1.29, 1.82) is 0 Å². The fourth-order valence-electron chi connectivity index (χ4n) is 1.90. The zero-order chi connectivity index (χ0) is 15.9. The quantitative estimate of drug-likeness (QED) is 0.743. The minimum atomic E-state index is -3.61. The molecule has 0 aromatic heterocycles. The molecule has 0 unspecified atom stereocenters. The number of nitrogens with zero attached hydrogens (tertiary/aromatic N) is 2. The molecule has 1 aromatic carbocycles. The molecule has 0 fully saturated rings. The highest BCUT2D eigenvalue weighted by Crippen LogP contribution is 2.09. The Bertz CT molecular complexity index is 545. The molecule has 118 valence electrons. The molecule has 0 saturated carbocycles. The molecular formula is C14H22N2O4S. The Morgan fingerprint density at radius 1 is 1.19 bits per heavy atom. The molecule has 1 rings (SSSR count). The molecule has 0 heterocycles. The number of carbonyl (C=O) groups is 1. The second-order valence-electron chi connectivity index (χ2n) is 4.70. The van der Waals surface area contributed by atoms with Crippen molar-refractivity contribution in [1.82, 2.24) is 8.61 Å². The maximum absolute atomic E-state index is 12.4. The van der Waals surface area contributed by atoms with Crippen molar-refractivity contribution in [3.05, 3.63) is 35.9 Å². The second-order valence-corrected chi connectivity index (χ2v) is 6.74. The Morgan fingerprint density at radius 2 is 1.81 bits per heavy atom. The van der Waals surface area contributed by atoms with Crippen molar-refractivity contribution in [2.24, 2.45) is 0 Å². The Balaban J connectivity index is 2.66. The topological polar surface area (TPSA) is 77.9 Å². The van der Waals surface area contributed by atoms with Crippen LogP contribution in [0.4, 0.5) is 0 Å².